The van der Waals surface area contributed by atoms with E-state index in [-0.39, 0.29) is 5.41 Å². The number of fused-ring (bicyclic) bond motifs is 3. The van der Waals surface area contributed by atoms with Gasteiger partial charge in [-0.25, -0.2) is 4.79 Å². The lowest BCUT2D eigenvalue weighted by molar-refractivity contribution is -0.143. The summed E-state index contributed by atoms with van der Waals surface area (Å²) in [5.41, 5.74) is 1.75. The van der Waals surface area contributed by atoms with Gasteiger partial charge >= 0.3 is 5.97 Å². The first-order valence-corrected chi connectivity index (χ1v) is 11.7. The zero-order valence-corrected chi connectivity index (χ0v) is 19.3. The Bertz CT molecular complexity index is 1080. The lowest BCUT2D eigenvalue weighted by atomic mass is 9.65. The normalized spacial score (nSPS) is 26.7. The second kappa shape index (κ2) is 7.75. The SMILES string of the molecule is O=C(O)C1(Nc2cccc(Cl)c2)CCC2(CC1)C(Br)=Cc1cc3c(cc12)OCCCO3. The third kappa shape index (κ3) is 3.50. The van der Waals surface area contributed by atoms with Crippen molar-refractivity contribution in [3.63, 3.8) is 0 Å². The number of carbonyl (C=O) groups is 1. The van der Waals surface area contributed by atoms with Gasteiger partial charge in [0.25, 0.3) is 0 Å². The Labute approximate surface area is 194 Å². The molecule has 162 valence electrons. The molecule has 5 nitrogen and oxygen atoms in total. The molecule has 2 aromatic carbocycles. The number of anilines is 1. The first-order valence-electron chi connectivity index (χ1n) is 10.5. The first-order chi connectivity index (χ1) is 14.9. The van der Waals surface area contributed by atoms with Gasteiger partial charge in [-0.15, -0.1) is 0 Å². The maximum Gasteiger partial charge on any atom is 0.329 e. The van der Waals surface area contributed by atoms with Gasteiger partial charge < -0.3 is 19.9 Å². The van der Waals surface area contributed by atoms with Crippen LogP contribution in [0, 0.1) is 0 Å². The number of halogens is 2. The van der Waals surface area contributed by atoms with Crippen LogP contribution < -0.4 is 14.8 Å². The number of hydrogen-bond donors (Lipinski definition) is 2. The Morgan fingerprint density at radius 3 is 2.45 bits per heavy atom. The van der Waals surface area contributed by atoms with Crippen LogP contribution in [0.2, 0.25) is 5.02 Å². The van der Waals surface area contributed by atoms with Gasteiger partial charge in [0.15, 0.2) is 11.5 Å². The zero-order chi connectivity index (χ0) is 21.6. The van der Waals surface area contributed by atoms with E-state index in [0.29, 0.717) is 43.9 Å². The van der Waals surface area contributed by atoms with Gasteiger partial charge in [0.2, 0.25) is 0 Å². The molecule has 0 atom stereocenters. The monoisotopic (exact) mass is 503 g/mol. The third-order valence-electron chi connectivity index (χ3n) is 6.75. The van der Waals surface area contributed by atoms with E-state index in [1.807, 2.05) is 12.1 Å². The minimum Gasteiger partial charge on any atom is -0.490 e. The lowest BCUT2D eigenvalue weighted by Gasteiger charge is -2.44. The van der Waals surface area contributed by atoms with Crippen LogP contribution in [-0.4, -0.2) is 29.8 Å². The molecule has 0 aromatic heterocycles. The largest absolute Gasteiger partial charge is 0.490 e. The maximum absolute atomic E-state index is 12.4. The molecule has 1 heterocycles. The van der Waals surface area contributed by atoms with Gasteiger partial charge in [0.05, 0.1) is 13.2 Å². The molecule has 0 radical (unpaired) electrons. The Kier molecular flexibility index (Phi) is 5.18. The summed E-state index contributed by atoms with van der Waals surface area (Å²) in [6, 6.07) is 11.4. The van der Waals surface area contributed by atoms with E-state index in [2.05, 4.69) is 39.5 Å². The van der Waals surface area contributed by atoms with Crippen molar-refractivity contribution in [2.24, 2.45) is 0 Å². The summed E-state index contributed by atoms with van der Waals surface area (Å²) >= 11 is 9.91. The average Bonchev–Trinajstić information content (AvgIpc) is 2.88. The number of carboxylic acid groups (broad SMARTS) is 1. The van der Waals surface area contributed by atoms with Gasteiger partial charge in [-0.2, -0.15) is 0 Å². The van der Waals surface area contributed by atoms with E-state index in [1.54, 1.807) is 12.1 Å². The number of benzene rings is 2. The molecular formula is C24H23BrClNO4. The topological polar surface area (TPSA) is 67.8 Å². The van der Waals surface area contributed by atoms with Crippen LogP contribution in [0.1, 0.15) is 43.2 Å². The van der Waals surface area contributed by atoms with Crippen LogP contribution >= 0.6 is 27.5 Å². The summed E-state index contributed by atoms with van der Waals surface area (Å²) in [6.07, 6.45) is 5.40. The van der Waals surface area contributed by atoms with Crippen LogP contribution in [0.15, 0.2) is 40.9 Å². The van der Waals surface area contributed by atoms with Gasteiger partial charge in [-0.3, -0.25) is 0 Å². The van der Waals surface area contributed by atoms with Crippen LogP contribution in [0.25, 0.3) is 6.08 Å². The fraction of sp³-hybridized carbons (Fsp3) is 0.375. The molecule has 5 rings (SSSR count). The van der Waals surface area contributed by atoms with Gasteiger partial charge in [-0.05, 0) is 73.2 Å². The summed E-state index contributed by atoms with van der Waals surface area (Å²) in [5, 5.41) is 14.0. The van der Waals surface area contributed by atoms with Crippen molar-refractivity contribution in [2.45, 2.75) is 43.1 Å². The number of nitrogens with one attached hydrogen (secondary N) is 1. The van der Waals surface area contributed by atoms with Gasteiger partial charge in [0.1, 0.15) is 5.54 Å². The van der Waals surface area contributed by atoms with Crippen molar-refractivity contribution in [1.29, 1.82) is 0 Å². The molecule has 2 aromatic rings. The molecule has 7 heteroatoms. The van der Waals surface area contributed by atoms with E-state index in [9.17, 15) is 9.90 Å². The average molecular weight is 505 g/mol. The summed E-state index contributed by atoms with van der Waals surface area (Å²) < 4.78 is 12.9. The fourth-order valence-corrected chi connectivity index (χ4v) is 6.06. The molecule has 1 saturated carbocycles. The Morgan fingerprint density at radius 1 is 1.06 bits per heavy atom. The van der Waals surface area contributed by atoms with Crippen molar-refractivity contribution in [2.75, 3.05) is 18.5 Å². The smallest absolute Gasteiger partial charge is 0.329 e. The minimum atomic E-state index is -1.03. The number of rotatable bonds is 3. The molecule has 0 saturated heterocycles. The number of aliphatic carboxylic acids is 1. The summed E-state index contributed by atoms with van der Waals surface area (Å²) in [7, 11) is 0. The quantitative estimate of drug-likeness (QED) is 0.537. The molecule has 2 aliphatic carbocycles. The van der Waals surface area contributed by atoms with Crippen LogP contribution in [0.4, 0.5) is 5.69 Å². The predicted molar refractivity (Wildman–Crippen MR) is 125 cm³/mol. The molecule has 0 unspecified atom stereocenters. The maximum atomic E-state index is 12.4. The third-order valence-corrected chi connectivity index (χ3v) is 7.97. The summed E-state index contributed by atoms with van der Waals surface area (Å²) in [6.45, 7) is 1.29. The lowest BCUT2D eigenvalue weighted by Crippen LogP contribution is -2.52. The van der Waals surface area contributed by atoms with Crippen molar-refractivity contribution in [1.82, 2.24) is 0 Å². The molecule has 31 heavy (non-hydrogen) atoms. The Hall–Kier alpha value is -2.18. The summed E-state index contributed by atoms with van der Waals surface area (Å²) in [4.78, 5) is 12.4. The van der Waals surface area contributed by atoms with Crippen LogP contribution in [0.3, 0.4) is 0 Å². The highest BCUT2D eigenvalue weighted by molar-refractivity contribution is 9.11. The molecule has 3 aliphatic rings. The highest BCUT2D eigenvalue weighted by Crippen LogP contribution is 2.57. The Balaban J connectivity index is 1.46. The highest BCUT2D eigenvalue weighted by Gasteiger charge is 2.51. The first kappa shape index (κ1) is 20.7. The second-order valence-electron chi connectivity index (χ2n) is 8.53. The van der Waals surface area contributed by atoms with Gasteiger partial charge in [0, 0.05) is 27.0 Å². The zero-order valence-electron chi connectivity index (χ0n) is 16.9. The molecule has 1 spiro atoms. The molecule has 0 amide bonds. The number of allylic oxidation sites excluding steroid dienone is 1. The standard InChI is InChI=1S/C24H23BrClNO4/c25-21-12-15-11-19-20(31-10-2-9-30-19)14-18(15)23(21)5-7-24(8-6-23,22(28)29)27-17-4-1-3-16(26)13-17/h1,3-4,11-14,27H,2,5-10H2,(H,28,29). The number of carboxylic acids is 1. The van der Waals surface area contributed by atoms with E-state index >= 15 is 0 Å². The predicted octanol–water partition coefficient (Wildman–Crippen LogP) is 6.00. The molecular weight excluding hydrogens is 482 g/mol. The van der Waals surface area contributed by atoms with Crippen molar-refractivity contribution in [3.8, 4) is 11.5 Å². The fourth-order valence-electron chi connectivity index (χ4n) is 5.01. The number of hydrogen-bond acceptors (Lipinski definition) is 4. The van der Waals surface area contributed by atoms with E-state index in [4.69, 9.17) is 21.1 Å². The van der Waals surface area contributed by atoms with Crippen LogP contribution in [0.5, 0.6) is 11.5 Å². The van der Waals surface area contributed by atoms with Crippen molar-refractivity contribution < 1.29 is 19.4 Å². The van der Waals surface area contributed by atoms with Crippen LogP contribution in [-0.2, 0) is 10.2 Å². The van der Waals surface area contributed by atoms with E-state index < -0.39 is 11.5 Å². The van der Waals surface area contributed by atoms with E-state index in [1.165, 1.54) is 5.56 Å². The molecule has 1 fully saturated rings. The molecule has 2 N–H and O–H groups in total. The highest BCUT2D eigenvalue weighted by atomic mass is 79.9. The number of ether oxygens (including phenoxy) is 2. The van der Waals surface area contributed by atoms with E-state index in [0.717, 1.165) is 33.7 Å². The minimum absolute atomic E-state index is 0.241. The molecule has 0 bridgehead atoms. The van der Waals surface area contributed by atoms with Crippen molar-refractivity contribution >= 4 is 45.3 Å². The summed E-state index contributed by atoms with van der Waals surface area (Å²) in [5.74, 6) is 0.723. The van der Waals surface area contributed by atoms with Gasteiger partial charge in [-0.1, -0.05) is 33.6 Å². The molecule has 1 aliphatic heterocycles. The Morgan fingerprint density at radius 2 is 1.77 bits per heavy atom. The van der Waals surface area contributed by atoms with Crippen molar-refractivity contribution in [3.05, 3.63) is 57.0 Å². The second-order valence-corrected chi connectivity index (χ2v) is 9.82.